The molecule has 2 saturated heterocycles. The quantitative estimate of drug-likeness (QED) is 0.502. The Balaban J connectivity index is 1.24. The molecular weight excluding hydrogens is 466 g/mol. The molecule has 0 radical (unpaired) electrons. The maximum atomic E-state index is 13.4. The van der Waals surface area contributed by atoms with Crippen molar-refractivity contribution >= 4 is 34.3 Å². The summed E-state index contributed by atoms with van der Waals surface area (Å²) < 4.78 is 1.74. The van der Waals surface area contributed by atoms with Gasteiger partial charge in [-0.1, -0.05) is 12.8 Å². The highest BCUT2D eigenvalue weighted by molar-refractivity contribution is 5.99. The molecule has 9 nitrogen and oxygen atoms in total. The number of fused-ring (bicyclic) bond motifs is 1. The van der Waals surface area contributed by atoms with Crippen LogP contribution >= 0.6 is 0 Å². The maximum Gasteiger partial charge on any atom is 0.263 e. The van der Waals surface area contributed by atoms with Crippen LogP contribution < -0.4 is 15.8 Å². The van der Waals surface area contributed by atoms with Gasteiger partial charge in [0.05, 0.1) is 17.4 Å². The van der Waals surface area contributed by atoms with Gasteiger partial charge in [0.25, 0.3) is 5.56 Å². The molecule has 0 atom stereocenters. The van der Waals surface area contributed by atoms with Gasteiger partial charge < -0.3 is 15.1 Å². The van der Waals surface area contributed by atoms with Gasteiger partial charge in [0.15, 0.2) is 5.78 Å². The second kappa shape index (κ2) is 9.85. The normalized spacial score (nSPS) is 19.4. The highest BCUT2D eigenvalue weighted by atomic mass is 16.1. The summed E-state index contributed by atoms with van der Waals surface area (Å²) in [5, 5.41) is 3.96. The Hall–Kier alpha value is -3.33. The van der Waals surface area contributed by atoms with Crippen molar-refractivity contribution in [3.63, 3.8) is 0 Å². The highest BCUT2D eigenvalue weighted by Crippen LogP contribution is 2.32. The van der Waals surface area contributed by atoms with Crippen molar-refractivity contribution in [3.8, 4) is 0 Å². The highest BCUT2D eigenvalue weighted by Gasteiger charge is 2.28. The molecule has 0 unspecified atom stereocenters. The van der Waals surface area contributed by atoms with Gasteiger partial charge >= 0.3 is 0 Å². The molecule has 9 heteroatoms. The predicted octanol–water partition coefficient (Wildman–Crippen LogP) is 4.23. The van der Waals surface area contributed by atoms with Gasteiger partial charge in [-0.2, -0.15) is 4.98 Å². The van der Waals surface area contributed by atoms with E-state index in [4.69, 9.17) is 4.98 Å². The van der Waals surface area contributed by atoms with Gasteiger partial charge in [0, 0.05) is 36.8 Å². The average molecular weight is 502 g/mol. The number of carbonyl (C=O) groups is 1. The minimum absolute atomic E-state index is 0.0547. The van der Waals surface area contributed by atoms with Crippen LogP contribution in [0.2, 0.25) is 0 Å². The number of Topliss-reactive ketones (excluding diaryl/α,β-unsaturated/α-hetero) is 1. The lowest BCUT2D eigenvalue weighted by atomic mass is 9.99. The number of anilines is 3. The largest absolute Gasteiger partial charge is 0.370 e. The van der Waals surface area contributed by atoms with Crippen molar-refractivity contribution in [3.05, 3.63) is 46.0 Å². The van der Waals surface area contributed by atoms with E-state index < -0.39 is 0 Å². The Morgan fingerprint density at radius 3 is 2.32 bits per heavy atom. The van der Waals surface area contributed by atoms with Crippen LogP contribution in [0.4, 0.5) is 17.5 Å². The molecule has 3 aromatic rings. The summed E-state index contributed by atoms with van der Waals surface area (Å²) in [6, 6.07) is 4.84. The molecule has 6 rings (SSSR count). The Morgan fingerprint density at radius 1 is 0.946 bits per heavy atom. The second-order valence-corrected chi connectivity index (χ2v) is 10.7. The summed E-state index contributed by atoms with van der Waals surface area (Å²) in [7, 11) is 0. The van der Waals surface area contributed by atoms with E-state index in [0.717, 1.165) is 55.9 Å². The Morgan fingerprint density at radius 2 is 1.70 bits per heavy atom. The topological polar surface area (TPSA) is 96.2 Å². The molecule has 3 aliphatic rings. The minimum Gasteiger partial charge on any atom is -0.370 e. The van der Waals surface area contributed by atoms with Crippen LogP contribution in [0.5, 0.6) is 0 Å². The fourth-order valence-electron chi connectivity index (χ4n) is 6.27. The van der Waals surface area contributed by atoms with E-state index in [1.165, 1.54) is 39.3 Å². The van der Waals surface area contributed by atoms with E-state index in [-0.39, 0.29) is 22.9 Å². The number of likely N-dealkylation sites (tertiary alicyclic amines) is 1. The monoisotopic (exact) mass is 501 g/mol. The fourth-order valence-corrected chi connectivity index (χ4v) is 6.27. The second-order valence-electron chi connectivity index (χ2n) is 10.7. The molecule has 1 aliphatic carbocycles. The fraction of sp³-hybridized carbons (Fsp3) is 0.536. The van der Waals surface area contributed by atoms with Crippen LogP contribution in [0.25, 0.3) is 11.0 Å². The van der Waals surface area contributed by atoms with Gasteiger partial charge in [-0.15, -0.1) is 0 Å². The summed E-state index contributed by atoms with van der Waals surface area (Å²) in [5.74, 6) is 0.835. The van der Waals surface area contributed by atoms with Gasteiger partial charge in [0.1, 0.15) is 11.5 Å². The number of hydrogen-bond donors (Lipinski definition) is 1. The van der Waals surface area contributed by atoms with E-state index in [1.807, 2.05) is 19.2 Å². The molecule has 0 spiro atoms. The predicted molar refractivity (Wildman–Crippen MR) is 145 cm³/mol. The Kier molecular flexibility index (Phi) is 6.40. The molecule has 0 aromatic carbocycles. The van der Waals surface area contributed by atoms with Crippen molar-refractivity contribution in [1.82, 2.24) is 24.4 Å². The van der Waals surface area contributed by atoms with E-state index in [9.17, 15) is 9.59 Å². The molecule has 0 bridgehead atoms. The number of hydrogen-bond acceptors (Lipinski definition) is 8. The van der Waals surface area contributed by atoms with Crippen LogP contribution in [0.3, 0.4) is 0 Å². The lowest BCUT2D eigenvalue weighted by molar-refractivity contribution is 0.100. The summed E-state index contributed by atoms with van der Waals surface area (Å²) in [5.41, 5.74) is 2.37. The Labute approximate surface area is 216 Å². The zero-order valence-electron chi connectivity index (χ0n) is 21.7. The lowest BCUT2D eigenvalue weighted by Gasteiger charge is -2.43. The third-order valence-electron chi connectivity index (χ3n) is 8.47. The number of nitrogens with zero attached hydrogens (tertiary/aromatic N) is 6. The van der Waals surface area contributed by atoms with Crippen LogP contribution in [0.15, 0.2) is 29.3 Å². The third kappa shape index (κ3) is 4.50. The smallest absolute Gasteiger partial charge is 0.263 e. The van der Waals surface area contributed by atoms with E-state index in [1.54, 1.807) is 10.8 Å². The van der Waals surface area contributed by atoms with Gasteiger partial charge in [-0.25, -0.2) is 9.97 Å². The molecule has 1 saturated carbocycles. The minimum atomic E-state index is -0.241. The van der Waals surface area contributed by atoms with Gasteiger partial charge in [0.2, 0.25) is 5.95 Å². The molecule has 3 fully saturated rings. The number of ketones is 1. The first-order chi connectivity index (χ1) is 18.0. The first-order valence-electron chi connectivity index (χ1n) is 13.6. The molecule has 1 N–H and O–H groups in total. The van der Waals surface area contributed by atoms with Crippen molar-refractivity contribution in [2.75, 3.05) is 36.4 Å². The molecular formula is C28H35N7O2. The Bertz CT molecular complexity index is 1370. The van der Waals surface area contributed by atoms with Crippen LogP contribution in [-0.4, -0.2) is 62.4 Å². The summed E-state index contributed by atoms with van der Waals surface area (Å²) in [6.45, 7) is 7.90. The van der Waals surface area contributed by atoms with Gasteiger partial charge in [-0.05, 0) is 76.7 Å². The molecule has 5 heterocycles. The van der Waals surface area contributed by atoms with E-state index >= 15 is 0 Å². The molecule has 194 valence electrons. The van der Waals surface area contributed by atoms with Crippen molar-refractivity contribution in [2.45, 2.75) is 70.9 Å². The number of rotatable bonds is 6. The zero-order valence-corrected chi connectivity index (χ0v) is 21.7. The summed E-state index contributed by atoms with van der Waals surface area (Å²) in [6.07, 6.45) is 11.4. The summed E-state index contributed by atoms with van der Waals surface area (Å²) >= 11 is 0. The number of nitrogens with one attached hydrogen (secondary N) is 1. The number of aromatic nitrogens is 4. The molecule has 0 amide bonds. The first kappa shape index (κ1) is 24.0. The molecule has 2 aliphatic heterocycles. The number of aryl methyl sites for hydroxylation is 1. The first-order valence-corrected chi connectivity index (χ1v) is 13.6. The molecule has 3 aromatic heterocycles. The third-order valence-corrected chi connectivity index (χ3v) is 8.47. The van der Waals surface area contributed by atoms with Gasteiger partial charge in [-0.3, -0.25) is 14.2 Å². The van der Waals surface area contributed by atoms with Crippen LogP contribution in [0, 0.1) is 6.92 Å². The van der Waals surface area contributed by atoms with Crippen molar-refractivity contribution in [1.29, 1.82) is 0 Å². The van der Waals surface area contributed by atoms with Crippen molar-refractivity contribution < 1.29 is 4.79 Å². The maximum absolute atomic E-state index is 13.4. The van der Waals surface area contributed by atoms with E-state index in [2.05, 4.69) is 31.2 Å². The average Bonchev–Trinajstić information content (AvgIpc) is 3.38. The standard InChI is InChI=1S/C28H35N7O2/c1-18-23-17-30-28(32-26(23)35(21-6-3-4-7-21)27(37)25(18)19(2)36)31-24-9-8-22(16-29-24)34-14-10-20(11-15-34)33-12-5-13-33/h8-9,16-17,20-21H,3-7,10-15H2,1-2H3,(H,29,30,31,32). The zero-order chi connectivity index (χ0) is 25.5. The molecule has 37 heavy (non-hydrogen) atoms. The summed E-state index contributed by atoms with van der Waals surface area (Å²) in [4.78, 5) is 44.7. The number of pyridine rings is 2. The lowest BCUT2D eigenvalue weighted by Crippen LogP contribution is -2.50. The van der Waals surface area contributed by atoms with Crippen LogP contribution in [0.1, 0.15) is 73.8 Å². The number of carbonyl (C=O) groups excluding carboxylic acids is 1. The SMILES string of the molecule is CC(=O)c1c(C)c2cnc(Nc3ccc(N4CCC(N5CCC5)CC4)cn3)nc2n(C2CCCC2)c1=O. The van der Waals surface area contributed by atoms with Crippen molar-refractivity contribution in [2.24, 2.45) is 0 Å². The number of piperidine rings is 1. The van der Waals surface area contributed by atoms with Crippen LogP contribution in [-0.2, 0) is 0 Å². The van der Waals surface area contributed by atoms with E-state index in [0.29, 0.717) is 23.0 Å².